The maximum atomic E-state index is 11.6. The van der Waals surface area contributed by atoms with Crippen molar-refractivity contribution in [1.29, 1.82) is 0 Å². The summed E-state index contributed by atoms with van der Waals surface area (Å²) in [5.41, 5.74) is 0.429. The van der Waals surface area contributed by atoms with Crippen LogP contribution in [0.1, 0.15) is 17.3 Å². The van der Waals surface area contributed by atoms with Crippen molar-refractivity contribution in [3.8, 4) is 0 Å². The smallest absolute Gasteiger partial charge is 0.341 e. The highest BCUT2D eigenvalue weighted by atomic mass is 79.9. The fourth-order valence-corrected chi connectivity index (χ4v) is 1.24. The van der Waals surface area contributed by atoms with Crippen LogP contribution in [0.4, 0.5) is 5.82 Å². The van der Waals surface area contributed by atoms with E-state index in [0.29, 0.717) is 24.5 Å². The second-order valence-electron chi connectivity index (χ2n) is 2.99. The largest absolute Gasteiger partial charge is 0.462 e. The normalized spacial score (nSPS) is 9.62. The van der Waals surface area contributed by atoms with Crippen LogP contribution < -0.4 is 5.32 Å². The average molecular weight is 285 g/mol. The summed E-state index contributed by atoms with van der Waals surface area (Å²) in [5.74, 6) is 0.125. The number of nitrogens with zero attached hydrogens (tertiary/aromatic N) is 1. The molecule has 1 N–H and O–H groups in total. The van der Waals surface area contributed by atoms with E-state index in [1.54, 1.807) is 25.3 Å². The zero-order valence-corrected chi connectivity index (χ0v) is 10.6. The molecule has 0 saturated carbocycles. The molecule has 0 atom stereocenters. The number of hydrogen-bond acceptors (Lipinski definition) is 4. The van der Waals surface area contributed by atoms with E-state index in [1.807, 2.05) is 0 Å². The molecule has 4 nitrogen and oxygen atoms in total. The zero-order chi connectivity index (χ0) is 12.0. The van der Waals surface area contributed by atoms with E-state index in [9.17, 15) is 4.79 Å². The summed E-state index contributed by atoms with van der Waals surface area (Å²) in [6, 6.07) is 3.37. The van der Waals surface area contributed by atoms with Crippen LogP contribution in [0.5, 0.6) is 0 Å². The van der Waals surface area contributed by atoms with Gasteiger partial charge in [-0.05, 0) is 19.1 Å². The molecule has 0 amide bonds. The van der Waals surface area contributed by atoms with Crippen molar-refractivity contribution >= 4 is 27.7 Å². The van der Waals surface area contributed by atoms with Gasteiger partial charge in [0.2, 0.25) is 0 Å². The molecule has 0 bridgehead atoms. The summed E-state index contributed by atoms with van der Waals surface area (Å²) in [6.07, 6.45) is 1.61. The van der Waals surface area contributed by atoms with E-state index >= 15 is 0 Å². The Bertz CT molecular complexity index is 393. The first-order chi connectivity index (χ1) is 7.65. The molecule has 0 saturated heterocycles. The molecule has 1 aromatic rings. The van der Waals surface area contributed by atoms with E-state index in [4.69, 9.17) is 4.74 Å². The number of esters is 1. The Hall–Kier alpha value is -1.36. The van der Waals surface area contributed by atoms with Crippen molar-refractivity contribution in [3.05, 3.63) is 35.0 Å². The fraction of sp³-hybridized carbons (Fsp3) is 0.273. The molecule has 5 heteroatoms. The van der Waals surface area contributed by atoms with Crippen molar-refractivity contribution < 1.29 is 9.53 Å². The molecule has 0 radical (unpaired) electrons. The second-order valence-corrected chi connectivity index (χ2v) is 4.11. The Morgan fingerprint density at radius 2 is 2.44 bits per heavy atom. The molecule has 0 fully saturated rings. The molecule has 16 heavy (non-hydrogen) atoms. The number of anilines is 1. The van der Waals surface area contributed by atoms with Crippen LogP contribution in [0.3, 0.4) is 0 Å². The van der Waals surface area contributed by atoms with Gasteiger partial charge in [0.25, 0.3) is 0 Å². The van der Waals surface area contributed by atoms with Crippen molar-refractivity contribution in [2.75, 3.05) is 18.5 Å². The number of nitrogens with one attached hydrogen (secondary N) is 1. The predicted octanol–water partition coefficient (Wildman–Crippen LogP) is 2.58. The SMILES string of the molecule is C=C(Br)CNc1ncccc1C(=O)OCC. The number of aromatic nitrogens is 1. The predicted molar refractivity (Wildman–Crippen MR) is 66.8 cm³/mol. The lowest BCUT2D eigenvalue weighted by Gasteiger charge is -2.09. The minimum atomic E-state index is -0.377. The minimum Gasteiger partial charge on any atom is -0.462 e. The van der Waals surface area contributed by atoms with Crippen molar-refractivity contribution in [3.63, 3.8) is 0 Å². The molecular formula is C11H13BrN2O2. The van der Waals surface area contributed by atoms with Crippen molar-refractivity contribution in [1.82, 2.24) is 4.98 Å². The Morgan fingerprint density at radius 1 is 1.69 bits per heavy atom. The van der Waals surface area contributed by atoms with E-state index in [2.05, 4.69) is 32.8 Å². The van der Waals surface area contributed by atoms with Gasteiger partial charge in [0, 0.05) is 17.2 Å². The Kier molecular flexibility index (Phi) is 4.98. The topological polar surface area (TPSA) is 51.2 Å². The van der Waals surface area contributed by atoms with Crippen LogP contribution >= 0.6 is 15.9 Å². The molecule has 0 aliphatic rings. The molecule has 0 spiro atoms. The number of pyridine rings is 1. The summed E-state index contributed by atoms with van der Waals surface area (Å²) in [6.45, 7) is 6.31. The Labute approximate surface area is 103 Å². The molecule has 0 aromatic carbocycles. The van der Waals surface area contributed by atoms with E-state index < -0.39 is 0 Å². The average Bonchev–Trinajstić information content (AvgIpc) is 2.27. The number of rotatable bonds is 5. The van der Waals surface area contributed by atoms with Gasteiger partial charge in [0.1, 0.15) is 11.4 Å². The Morgan fingerprint density at radius 3 is 3.06 bits per heavy atom. The number of carbonyl (C=O) groups excluding carboxylic acids is 1. The molecule has 1 rings (SSSR count). The van der Waals surface area contributed by atoms with Crippen LogP contribution in [0.25, 0.3) is 0 Å². The summed E-state index contributed by atoms with van der Waals surface area (Å²) in [4.78, 5) is 15.7. The van der Waals surface area contributed by atoms with E-state index in [1.165, 1.54) is 0 Å². The van der Waals surface area contributed by atoms with Gasteiger partial charge in [-0.15, -0.1) is 0 Å². The maximum Gasteiger partial charge on any atom is 0.341 e. The zero-order valence-electron chi connectivity index (χ0n) is 9.00. The third-order valence-electron chi connectivity index (χ3n) is 1.75. The first-order valence-electron chi connectivity index (χ1n) is 4.84. The van der Waals surface area contributed by atoms with Crippen LogP contribution in [-0.4, -0.2) is 24.1 Å². The van der Waals surface area contributed by atoms with Crippen LogP contribution in [0.2, 0.25) is 0 Å². The lowest BCUT2D eigenvalue weighted by Crippen LogP contribution is -2.11. The lowest BCUT2D eigenvalue weighted by molar-refractivity contribution is 0.0527. The fourth-order valence-electron chi connectivity index (χ4n) is 1.10. The number of carbonyl (C=O) groups is 1. The van der Waals surface area contributed by atoms with Crippen molar-refractivity contribution in [2.24, 2.45) is 0 Å². The highest BCUT2D eigenvalue weighted by Crippen LogP contribution is 2.14. The number of halogens is 1. The van der Waals surface area contributed by atoms with Crippen LogP contribution in [0, 0.1) is 0 Å². The van der Waals surface area contributed by atoms with Crippen LogP contribution in [0.15, 0.2) is 29.4 Å². The van der Waals surface area contributed by atoms with Crippen LogP contribution in [-0.2, 0) is 4.74 Å². The minimum absolute atomic E-state index is 0.346. The third-order valence-corrected chi connectivity index (χ3v) is 2.03. The highest BCUT2D eigenvalue weighted by Gasteiger charge is 2.12. The summed E-state index contributed by atoms with van der Waals surface area (Å²) >= 11 is 3.22. The van der Waals surface area contributed by atoms with Gasteiger partial charge in [-0.1, -0.05) is 22.5 Å². The maximum absolute atomic E-state index is 11.6. The van der Waals surface area contributed by atoms with Gasteiger partial charge in [-0.2, -0.15) is 0 Å². The number of hydrogen-bond donors (Lipinski definition) is 1. The highest BCUT2D eigenvalue weighted by molar-refractivity contribution is 9.11. The van der Waals surface area contributed by atoms with Gasteiger partial charge < -0.3 is 10.1 Å². The standard InChI is InChI=1S/C11H13BrN2O2/c1-3-16-11(15)9-5-4-6-13-10(9)14-7-8(2)12/h4-6H,2-3,7H2,1H3,(H,13,14). The van der Waals surface area contributed by atoms with E-state index in [-0.39, 0.29) is 5.97 Å². The summed E-state index contributed by atoms with van der Waals surface area (Å²) < 4.78 is 5.71. The molecular weight excluding hydrogens is 272 g/mol. The summed E-state index contributed by atoms with van der Waals surface area (Å²) in [5, 5.41) is 2.99. The quantitative estimate of drug-likeness (QED) is 0.845. The van der Waals surface area contributed by atoms with Gasteiger partial charge in [-0.3, -0.25) is 0 Å². The van der Waals surface area contributed by atoms with Gasteiger partial charge in [0.15, 0.2) is 0 Å². The molecule has 0 aliphatic carbocycles. The monoisotopic (exact) mass is 284 g/mol. The van der Waals surface area contributed by atoms with E-state index in [0.717, 1.165) is 4.48 Å². The third kappa shape index (κ3) is 3.66. The summed E-state index contributed by atoms with van der Waals surface area (Å²) in [7, 11) is 0. The molecule has 0 unspecified atom stereocenters. The first-order valence-corrected chi connectivity index (χ1v) is 5.63. The number of ether oxygens (including phenoxy) is 1. The van der Waals surface area contributed by atoms with Gasteiger partial charge in [0.05, 0.1) is 6.61 Å². The second kappa shape index (κ2) is 6.27. The van der Waals surface area contributed by atoms with Gasteiger partial charge in [-0.25, -0.2) is 9.78 Å². The molecule has 86 valence electrons. The molecule has 0 aliphatic heterocycles. The van der Waals surface area contributed by atoms with Gasteiger partial charge >= 0.3 is 5.97 Å². The molecule has 1 heterocycles. The molecule has 1 aromatic heterocycles. The van der Waals surface area contributed by atoms with Crippen molar-refractivity contribution in [2.45, 2.75) is 6.92 Å². The first kappa shape index (κ1) is 12.7. The Balaban J connectivity index is 2.82. The lowest BCUT2D eigenvalue weighted by atomic mass is 10.2.